The zero-order valence-electron chi connectivity index (χ0n) is 12.9. The van der Waals surface area contributed by atoms with Gasteiger partial charge in [0.2, 0.25) is 11.8 Å². The van der Waals surface area contributed by atoms with Gasteiger partial charge >= 0.3 is 0 Å². The number of amides is 2. The monoisotopic (exact) mass is 281 g/mol. The number of nitrogens with zero attached hydrogens (tertiary/aromatic N) is 1. The van der Waals surface area contributed by atoms with E-state index in [-0.39, 0.29) is 23.1 Å². The summed E-state index contributed by atoms with van der Waals surface area (Å²) in [6, 6.07) is -0.415. The minimum Gasteiger partial charge on any atom is -0.344 e. The van der Waals surface area contributed by atoms with E-state index >= 15 is 0 Å². The van der Waals surface area contributed by atoms with Crippen molar-refractivity contribution in [2.75, 3.05) is 26.2 Å². The largest absolute Gasteiger partial charge is 0.344 e. The van der Waals surface area contributed by atoms with Crippen LogP contribution >= 0.6 is 0 Å². The predicted molar refractivity (Wildman–Crippen MR) is 78.2 cm³/mol. The van der Waals surface area contributed by atoms with E-state index in [9.17, 15) is 9.59 Å². The molecule has 20 heavy (non-hydrogen) atoms. The zero-order valence-corrected chi connectivity index (χ0v) is 12.9. The lowest BCUT2D eigenvalue weighted by molar-refractivity contribution is -0.136. The van der Waals surface area contributed by atoms with E-state index in [1.807, 2.05) is 13.8 Å². The topological polar surface area (TPSA) is 61.4 Å². The van der Waals surface area contributed by atoms with E-state index in [1.54, 1.807) is 11.8 Å². The summed E-state index contributed by atoms with van der Waals surface area (Å²) in [7, 11) is 0. The normalized spacial score (nSPS) is 25.1. The second-order valence-corrected chi connectivity index (χ2v) is 6.11. The van der Waals surface area contributed by atoms with Crippen molar-refractivity contribution in [2.45, 2.75) is 46.1 Å². The molecule has 114 valence electrons. The lowest BCUT2D eigenvalue weighted by Crippen LogP contribution is -2.47. The Morgan fingerprint density at radius 1 is 1.30 bits per heavy atom. The Balaban J connectivity index is 1.84. The third-order valence-corrected chi connectivity index (χ3v) is 4.91. The molecule has 2 unspecified atom stereocenters. The van der Waals surface area contributed by atoms with Crippen molar-refractivity contribution in [2.24, 2.45) is 11.3 Å². The molecule has 1 aliphatic heterocycles. The zero-order chi connectivity index (χ0) is 14.8. The first-order valence-electron chi connectivity index (χ1n) is 7.84. The van der Waals surface area contributed by atoms with E-state index in [4.69, 9.17) is 0 Å². The van der Waals surface area contributed by atoms with E-state index in [0.29, 0.717) is 13.1 Å². The van der Waals surface area contributed by atoms with Gasteiger partial charge in [0.15, 0.2) is 0 Å². The first-order chi connectivity index (χ1) is 9.54. The molecule has 1 heterocycles. The van der Waals surface area contributed by atoms with Crippen LogP contribution in [0, 0.1) is 11.3 Å². The van der Waals surface area contributed by atoms with Gasteiger partial charge in [-0.3, -0.25) is 9.59 Å². The number of likely N-dealkylation sites (N-methyl/N-ethyl adjacent to an activating group) is 1. The number of nitrogens with one attached hydrogen (secondary N) is 2. The third kappa shape index (κ3) is 2.97. The summed E-state index contributed by atoms with van der Waals surface area (Å²) in [5.74, 6) is 0.208. The van der Waals surface area contributed by atoms with Gasteiger partial charge < -0.3 is 15.5 Å². The van der Waals surface area contributed by atoms with Crippen LogP contribution in [0.25, 0.3) is 0 Å². The molecule has 0 aromatic heterocycles. The fourth-order valence-electron chi connectivity index (χ4n) is 3.38. The van der Waals surface area contributed by atoms with Crippen LogP contribution in [0.2, 0.25) is 0 Å². The van der Waals surface area contributed by atoms with Crippen molar-refractivity contribution in [1.82, 2.24) is 15.5 Å². The maximum absolute atomic E-state index is 12.3. The van der Waals surface area contributed by atoms with Gasteiger partial charge in [-0.15, -0.1) is 0 Å². The SMILES string of the molecule is CCN(CC)C(=O)C(C)NC(=O)C1CC12CCNCC2. The molecule has 2 fully saturated rings. The molecule has 1 aliphatic carbocycles. The Kier molecular flexibility index (Phi) is 4.68. The van der Waals surface area contributed by atoms with E-state index in [1.165, 1.54) is 0 Å². The van der Waals surface area contributed by atoms with Crippen molar-refractivity contribution in [3.8, 4) is 0 Å². The summed E-state index contributed by atoms with van der Waals surface area (Å²) in [5.41, 5.74) is 0.229. The summed E-state index contributed by atoms with van der Waals surface area (Å²) < 4.78 is 0. The second kappa shape index (κ2) is 6.12. The van der Waals surface area contributed by atoms with Crippen molar-refractivity contribution >= 4 is 11.8 Å². The summed E-state index contributed by atoms with van der Waals surface area (Å²) in [5, 5.41) is 6.25. The van der Waals surface area contributed by atoms with Gasteiger partial charge in [-0.2, -0.15) is 0 Å². The molecular weight excluding hydrogens is 254 g/mol. The Hall–Kier alpha value is -1.10. The fraction of sp³-hybridized carbons (Fsp3) is 0.867. The smallest absolute Gasteiger partial charge is 0.244 e. The molecule has 2 atom stereocenters. The van der Waals surface area contributed by atoms with Crippen LogP contribution in [-0.2, 0) is 9.59 Å². The molecule has 2 N–H and O–H groups in total. The Morgan fingerprint density at radius 3 is 2.45 bits per heavy atom. The molecule has 1 spiro atoms. The lowest BCUT2D eigenvalue weighted by atomic mass is 9.91. The van der Waals surface area contributed by atoms with E-state index in [0.717, 1.165) is 32.4 Å². The first-order valence-corrected chi connectivity index (χ1v) is 7.84. The van der Waals surface area contributed by atoms with Crippen molar-refractivity contribution in [3.63, 3.8) is 0 Å². The highest BCUT2D eigenvalue weighted by atomic mass is 16.2. The molecule has 0 aromatic rings. The van der Waals surface area contributed by atoms with Crippen LogP contribution in [-0.4, -0.2) is 48.9 Å². The van der Waals surface area contributed by atoms with Crippen LogP contribution in [0.15, 0.2) is 0 Å². The molecule has 1 saturated heterocycles. The standard InChI is InChI=1S/C15H27N3O2/c1-4-18(5-2)14(20)11(3)17-13(19)12-10-15(12)6-8-16-9-7-15/h11-12,16H,4-10H2,1-3H3,(H,17,19). The number of rotatable bonds is 5. The average Bonchev–Trinajstić information content (AvgIpc) is 3.14. The number of piperidine rings is 1. The minimum atomic E-state index is -0.415. The van der Waals surface area contributed by atoms with Gasteiger partial charge in [0.1, 0.15) is 6.04 Å². The average molecular weight is 281 g/mol. The molecular formula is C15H27N3O2. The van der Waals surface area contributed by atoms with Crippen LogP contribution < -0.4 is 10.6 Å². The fourth-order valence-corrected chi connectivity index (χ4v) is 3.38. The highest BCUT2D eigenvalue weighted by molar-refractivity contribution is 5.89. The van der Waals surface area contributed by atoms with Gasteiger partial charge in [-0.1, -0.05) is 0 Å². The molecule has 1 saturated carbocycles. The molecule has 2 rings (SSSR count). The second-order valence-electron chi connectivity index (χ2n) is 6.11. The quantitative estimate of drug-likeness (QED) is 0.782. The van der Waals surface area contributed by atoms with Gasteiger partial charge in [0, 0.05) is 19.0 Å². The molecule has 2 aliphatic rings. The molecule has 0 bridgehead atoms. The predicted octanol–water partition coefficient (Wildman–Crippen LogP) is 0.749. The van der Waals surface area contributed by atoms with Gasteiger partial charge in [0.05, 0.1) is 0 Å². The Labute approximate surface area is 121 Å². The van der Waals surface area contributed by atoms with Crippen LogP contribution in [0.5, 0.6) is 0 Å². The Bertz CT molecular complexity index is 373. The number of carbonyl (C=O) groups excluding carboxylic acids is 2. The molecule has 0 radical (unpaired) electrons. The maximum atomic E-state index is 12.3. The maximum Gasteiger partial charge on any atom is 0.244 e. The highest BCUT2D eigenvalue weighted by Crippen LogP contribution is 2.58. The molecule has 5 nitrogen and oxygen atoms in total. The number of carbonyl (C=O) groups is 2. The summed E-state index contributed by atoms with van der Waals surface area (Å²) >= 11 is 0. The minimum absolute atomic E-state index is 0.0170. The lowest BCUT2D eigenvalue weighted by Gasteiger charge is -2.25. The van der Waals surface area contributed by atoms with Gasteiger partial charge in [-0.05, 0) is 58.5 Å². The van der Waals surface area contributed by atoms with Crippen LogP contribution in [0.4, 0.5) is 0 Å². The van der Waals surface area contributed by atoms with Crippen molar-refractivity contribution in [3.05, 3.63) is 0 Å². The van der Waals surface area contributed by atoms with E-state index in [2.05, 4.69) is 10.6 Å². The summed E-state index contributed by atoms with van der Waals surface area (Å²) in [6.07, 6.45) is 3.17. The number of hydrogen-bond acceptors (Lipinski definition) is 3. The van der Waals surface area contributed by atoms with E-state index < -0.39 is 6.04 Å². The third-order valence-electron chi connectivity index (χ3n) is 4.91. The van der Waals surface area contributed by atoms with Crippen LogP contribution in [0.1, 0.15) is 40.0 Å². The van der Waals surface area contributed by atoms with Gasteiger partial charge in [0.25, 0.3) is 0 Å². The van der Waals surface area contributed by atoms with Gasteiger partial charge in [-0.25, -0.2) is 0 Å². The van der Waals surface area contributed by atoms with Crippen LogP contribution in [0.3, 0.4) is 0 Å². The Morgan fingerprint density at radius 2 is 1.90 bits per heavy atom. The molecule has 5 heteroatoms. The summed E-state index contributed by atoms with van der Waals surface area (Å²) in [4.78, 5) is 26.2. The highest BCUT2D eigenvalue weighted by Gasteiger charge is 2.57. The number of hydrogen-bond donors (Lipinski definition) is 2. The summed E-state index contributed by atoms with van der Waals surface area (Å²) in [6.45, 7) is 9.11. The molecule has 0 aromatic carbocycles. The van der Waals surface area contributed by atoms with Crippen molar-refractivity contribution in [1.29, 1.82) is 0 Å². The first kappa shape index (κ1) is 15.3. The molecule has 2 amide bonds. The van der Waals surface area contributed by atoms with Crippen molar-refractivity contribution < 1.29 is 9.59 Å².